The van der Waals surface area contributed by atoms with E-state index in [0.717, 1.165) is 17.1 Å². The first kappa shape index (κ1) is 19.2. The summed E-state index contributed by atoms with van der Waals surface area (Å²) in [6, 6.07) is 22.2. The highest BCUT2D eigenvalue weighted by molar-refractivity contribution is 7.80. The van der Waals surface area contributed by atoms with Crippen LogP contribution in [0.3, 0.4) is 0 Å². The van der Waals surface area contributed by atoms with Gasteiger partial charge in [0.05, 0.1) is 16.9 Å². The maximum Gasteiger partial charge on any atom is 0.191 e. The molecule has 3 aromatic rings. The van der Waals surface area contributed by atoms with Crippen molar-refractivity contribution >= 4 is 52.4 Å². The van der Waals surface area contributed by atoms with Gasteiger partial charge in [0, 0.05) is 5.02 Å². The van der Waals surface area contributed by atoms with E-state index in [9.17, 15) is 0 Å². The summed E-state index contributed by atoms with van der Waals surface area (Å²) in [4.78, 5) is 0. The molecule has 0 aliphatic heterocycles. The zero-order valence-electron chi connectivity index (χ0n) is 14.0. The van der Waals surface area contributed by atoms with E-state index in [1.807, 2.05) is 54.6 Å². The number of nitrogens with one attached hydrogen (secondary N) is 2. The third-order valence-electron chi connectivity index (χ3n) is 3.40. The minimum absolute atomic E-state index is 0.312. The lowest BCUT2D eigenvalue weighted by Crippen LogP contribution is -2.24. The van der Waals surface area contributed by atoms with Crippen LogP contribution in [0.15, 0.2) is 77.9 Å². The standard InChI is InChI=1S/C20H15Cl2N3OS/c21-15-9-10-19(18(22)12-15)24-20(27)25-23-13-14-5-4-8-17(11-14)26-16-6-2-1-3-7-16/h1-13H,(H2,24,25,27)/b23-13+. The summed E-state index contributed by atoms with van der Waals surface area (Å²) < 4.78 is 5.80. The summed E-state index contributed by atoms with van der Waals surface area (Å²) in [5.74, 6) is 1.49. The van der Waals surface area contributed by atoms with Crippen LogP contribution in [-0.4, -0.2) is 11.3 Å². The van der Waals surface area contributed by atoms with Crippen molar-refractivity contribution in [1.29, 1.82) is 0 Å². The molecule has 2 N–H and O–H groups in total. The van der Waals surface area contributed by atoms with Gasteiger partial charge in [-0.3, -0.25) is 5.43 Å². The molecule has 0 aromatic heterocycles. The van der Waals surface area contributed by atoms with Crippen LogP contribution in [0.25, 0.3) is 0 Å². The number of hydrogen-bond donors (Lipinski definition) is 2. The first-order chi connectivity index (χ1) is 13.1. The van der Waals surface area contributed by atoms with Crippen molar-refractivity contribution in [3.63, 3.8) is 0 Å². The molecular formula is C20H15Cl2N3OS. The molecule has 0 saturated carbocycles. The van der Waals surface area contributed by atoms with Gasteiger partial charge in [-0.05, 0) is 60.2 Å². The van der Waals surface area contributed by atoms with Crippen molar-refractivity contribution in [2.75, 3.05) is 5.32 Å². The second-order valence-electron chi connectivity index (χ2n) is 5.44. The normalized spacial score (nSPS) is 10.6. The quantitative estimate of drug-likeness (QED) is 0.299. The smallest absolute Gasteiger partial charge is 0.191 e. The van der Waals surface area contributed by atoms with Crippen molar-refractivity contribution in [1.82, 2.24) is 5.43 Å². The summed E-state index contributed by atoms with van der Waals surface area (Å²) in [5.41, 5.74) is 4.26. The molecule has 0 radical (unpaired) electrons. The monoisotopic (exact) mass is 415 g/mol. The zero-order valence-corrected chi connectivity index (χ0v) is 16.4. The molecule has 0 aliphatic carbocycles. The number of hydrogen-bond acceptors (Lipinski definition) is 3. The molecule has 0 atom stereocenters. The fourth-order valence-electron chi connectivity index (χ4n) is 2.19. The second-order valence-corrected chi connectivity index (χ2v) is 6.69. The van der Waals surface area contributed by atoms with Gasteiger partial charge in [0.2, 0.25) is 0 Å². The highest BCUT2D eigenvalue weighted by Crippen LogP contribution is 2.25. The largest absolute Gasteiger partial charge is 0.457 e. The number of thiocarbonyl (C=S) groups is 1. The molecule has 0 bridgehead atoms. The Labute approximate surface area is 172 Å². The molecule has 0 unspecified atom stereocenters. The van der Waals surface area contributed by atoms with Gasteiger partial charge in [0.1, 0.15) is 11.5 Å². The number of hydrazone groups is 1. The van der Waals surface area contributed by atoms with Crippen LogP contribution < -0.4 is 15.5 Å². The highest BCUT2D eigenvalue weighted by atomic mass is 35.5. The number of nitrogens with zero attached hydrogens (tertiary/aromatic N) is 1. The molecule has 0 spiro atoms. The van der Waals surface area contributed by atoms with E-state index in [2.05, 4.69) is 15.8 Å². The van der Waals surface area contributed by atoms with E-state index >= 15 is 0 Å². The van der Waals surface area contributed by atoms with Crippen molar-refractivity contribution in [3.8, 4) is 11.5 Å². The van der Waals surface area contributed by atoms with Crippen molar-refractivity contribution in [2.24, 2.45) is 5.10 Å². The number of para-hydroxylation sites is 1. The summed E-state index contributed by atoms with van der Waals surface area (Å²) >= 11 is 17.2. The molecule has 0 heterocycles. The van der Waals surface area contributed by atoms with Gasteiger partial charge in [-0.1, -0.05) is 53.5 Å². The Balaban J connectivity index is 1.57. The zero-order chi connectivity index (χ0) is 19.1. The van der Waals surface area contributed by atoms with Gasteiger partial charge in [0.25, 0.3) is 0 Å². The van der Waals surface area contributed by atoms with E-state index in [0.29, 0.717) is 20.8 Å². The number of anilines is 1. The Morgan fingerprint density at radius 3 is 2.48 bits per heavy atom. The Bertz CT molecular complexity index is 964. The van der Waals surface area contributed by atoms with Crippen LogP contribution in [0.1, 0.15) is 5.56 Å². The first-order valence-corrected chi connectivity index (χ1v) is 9.15. The molecule has 3 rings (SSSR count). The third kappa shape index (κ3) is 5.96. The van der Waals surface area contributed by atoms with Crippen LogP contribution >= 0.6 is 35.4 Å². The molecule has 0 amide bonds. The lowest BCUT2D eigenvalue weighted by atomic mass is 10.2. The van der Waals surface area contributed by atoms with Crippen LogP contribution in [0.4, 0.5) is 5.69 Å². The van der Waals surface area contributed by atoms with Gasteiger partial charge in [-0.25, -0.2) is 0 Å². The topological polar surface area (TPSA) is 45.7 Å². The average Bonchev–Trinajstić information content (AvgIpc) is 2.65. The summed E-state index contributed by atoms with van der Waals surface area (Å²) in [6.45, 7) is 0. The minimum atomic E-state index is 0.312. The van der Waals surface area contributed by atoms with E-state index in [4.69, 9.17) is 40.2 Å². The first-order valence-electron chi connectivity index (χ1n) is 7.98. The lowest BCUT2D eigenvalue weighted by Gasteiger charge is -2.09. The Hall–Kier alpha value is -2.60. The molecule has 7 heteroatoms. The summed E-state index contributed by atoms with van der Waals surface area (Å²) in [5, 5.41) is 8.43. The molecule has 27 heavy (non-hydrogen) atoms. The maximum absolute atomic E-state index is 6.10. The van der Waals surface area contributed by atoms with Crippen molar-refractivity contribution in [3.05, 3.63) is 88.4 Å². The van der Waals surface area contributed by atoms with E-state index < -0.39 is 0 Å². The predicted molar refractivity (Wildman–Crippen MR) is 116 cm³/mol. The third-order valence-corrected chi connectivity index (χ3v) is 4.14. The van der Waals surface area contributed by atoms with Crippen molar-refractivity contribution in [2.45, 2.75) is 0 Å². The molecule has 0 fully saturated rings. The average molecular weight is 416 g/mol. The van der Waals surface area contributed by atoms with Gasteiger partial charge in [-0.15, -0.1) is 0 Å². The summed E-state index contributed by atoms with van der Waals surface area (Å²) in [6.07, 6.45) is 1.65. The number of rotatable bonds is 5. The highest BCUT2D eigenvalue weighted by Gasteiger charge is 2.03. The Morgan fingerprint density at radius 1 is 0.926 bits per heavy atom. The van der Waals surface area contributed by atoms with Crippen LogP contribution in [0.2, 0.25) is 10.0 Å². The van der Waals surface area contributed by atoms with Gasteiger partial charge < -0.3 is 10.1 Å². The fourth-order valence-corrected chi connectivity index (χ4v) is 2.81. The molecule has 4 nitrogen and oxygen atoms in total. The van der Waals surface area contributed by atoms with Crippen molar-refractivity contribution < 1.29 is 4.74 Å². The molecular weight excluding hydrogens is 401 g/mol. The number of ether oxygens (including phenoxy) is 1. The van der Waals surface area contributed by atoms with Gasteiger partial charge >= 0.3 is 0 Å². The minimum Gasteiger partial charge on any atom is -0.457 e. The van der Waals surface area contributed by atoms with E-state index in [1.54, 1.807) is 24.4 Å². The molecule has 0 saturated heterocycles. The van der Waals surface area contributed by atoms with E-state index in [-0.39, 0.29) is 0 Å². The van der Waals surface area contributed by atoms with Crippen LogP contribution in [-0.2, 0) is 0 Å². The molecule has 3 aromatic carbocycles. The number of benzene rings is 3. The van der Waals surface area contributed by atoms with Crippen LogP contribution in [0.5, 0.6) is 11.5 Å². The molecule has 136 valence electrons. The number of halogens is 2. The fraction of sp³-hybridized carbons (Fsp3) is 0. The van der Waals surface area contributed by atoms with Crippen LogP contribution in [0, 0.1) is 0 Å². The Kier molecular flexibility index (Phi) is 6.65. The van der Waals surface area contributed by atoms with Gasteiger partial charge in [-0.2, -0.15) is 5.10 Å². The summed E-state index contributed by atoms with van der Waals surface area (Å²) in [7, 11) is 0. The lowest BCUT2D eigenvalue weighted by molar-refractivity contribution is 0.482. The van der Waals surface area contributed by atoms with Gasteiger partial charge in [0.15, 0.2) is 5.11 Å². The molecule has 0 aliphatic rings. The predicted octanol–water partition coefficient (Wildman–Crippen LogP) is 6.11. The second kappa shape index (κ2) is 9.37. The Morgan fingerprint density at radius 2 is 1.70 bits per heavy atom. The SMILES string of the molecule is S=C(N/N=C/c1cccc(Oc2ccccc2)c1)Nc1ccc(Cl)cc1Cl. The van der Waals surface area contributed by atoms with E-state index in [1.165, 1.54) is 0 Å². The maximum atomic E-state index is 6.10.